The van der Waals surface area contributed by atoms with E-state index in [2.05, 4.69) is 9.68 Å². The highest BCUT2D eigenvalue weighted by molar-refractivity contribution is 5.87. The molecule has 0 radical (unpaired) electrons. The number of hydrogen-bond acceptors (Lipinski definition) is 4. The van der Waals surface area contributed by atoms with Crippen molar-refractivity contribution in [2.75, 3.05) is 0 Å². The lowest BCUT2D eigenvalue weighted by molar-refractivity contribution is 0.0695. The van der Waals surface area contributed by atoms with Gasteiger partial charge in [-0.25, -0.2) is 13.6 Å². The summed E-state index contributed by atoms with van der Waals surface area (Å²) in [6.07, 6.45) is 2.60. The van der Waals surface area contributed by atoms with Gasteiger partial charge in [0.25, 0.3) is 0 Å². The predicted octanol–water partition coefficient (Wildman–Crippen LogP) is 2.23. The van der Waals surface area contributed by atoms with Gasteiger partial charge < -0.3 is 14.4 Å². The van der Waals surface area contributed by atoms with Gasteiger partial charge in [0, 0.05) is 5.56 Å². The van der Waals surface area contributed by atoms with Crippen molar-refractivity contribution < 1.29 is 27.9 Å². The number of rotatable bonds is 4. The second-order valence-corrected chi connectivity index (χ2v) is 3.40. The first-order valence-corrected chi connectivity index (χ1v) is 4.81. The molecule has 1 aromatic carbocycles. The van der Waals surface area contributed by atoms with Crippen LogP contribution in [0.15, 0.2) is 29.1 Å². The number of benzene rings is 1. The summed E-state index contributed by atoms with van der Waals surface area (Å²) in [5, 5.41) is 12.0. The first kappa shape index (κ1) is 12.0. The maximum atomic E-state index is 13.4. The number of hydrogen-bond donors (Lipinski definition) is 1. The van der Waals surface area contributed by atoms with Crippen LogP contribution in [0.2, 0.25) is 0 Å². The van der Waals surface area contributed by atoms with Crippen molar-refractivity contribution in [2.45, 2.75) is 6.61 Å². The van der Waals surface area contributed by atoms with E-state index in [1.165, 1.54) is 12.5 Å². The van der Waals surface area contributed by atoms with Gasteiger partial charge in [-0.1, -0.05) is 5.16 Å². The summed E-state index contributed by atoms with van der Waals surface area (Å²) < 4.78 is 36.3. The van der Waals surface area contributed by atoms with Gasteiger partial charge in [-0.15, -0.1) is 0 Å². The molecular formula is C11H7F2NO4. The lowest BCUT2D eigenvalue weighted by Gasteiger charge is -2.07. The summed E-state index contributed by atoms with van der Waals surface area (Å²) in [6, 6.07) is 1.38. The highest BCUT2D eigenvalue weighted by Gasteiger charge is 2.16. The molecule has 0 aliphatic carbocycles. The molecule has 18 heavy (non-hydrogen) atoms. The fourth-order valence-electron chi connectivity index (χ4n) is 1.27. The molecule has 7 heteroatoms. The van der Waals surface area contributed by atoms with Crippen LogP contribution < -0.4 is 4.74 Å². The van der Waals surface area contributed by atoms with Crippen LogP contribution >= 0.6 is 0 Å². The number of aromatic carboxylic acids is 1. The average molecular weight is 255 g/mol. The monoisotopic (exact) mass is 255 g/mol. The molecule has 0 aliphatic heterocycles. The minimum absolute atomic E-state index is 0.135. The molecule has 2 rings (SSSR count). The normalized spacial score (nSPS) is 10.3. The first-order valence-electron chi connectivity index (χ1n) is 4.81. The van der Waals surface area contributed by atoms with Crippen molar-refractivity contribution in [3.8, 4) is 5.75 Å². The topological polar surface area (TPSA) is 72.6 Å². The number of carbonyl (C=O) groups is 1. The quantitative estimate of drug-likeness (QED) is 0.906. The summed E-state index contributed by atoms with van der Waals surface area (Å²) in [5.41, 5.74) is 0.0124. The van der Waals surface area contributed by atoms with Gasteiger partial charge in [0.05, 0.1) is 11.8 Å². The Morgan fingerprint density at radius 3 is 2.56 bits per heavy atom. The fraction of sp³-hybridized carbons (Fsp3) is 0.0909. The zero-order chi connectivity index (χ0) is 13.1. The molecule has 0 saturated carbocycles. The second kappa shape index (κ2) is 4.82. The highest BCUT2D eigenvalue weighted by Crippen LogP contribution is 2.24. The van der Waals surface area contributed by atoms with Crippen molar-refractivity contribution in [3.05, 3.63) is 47.4 Å². The zero-order valence-corrected chi connectivity index (χ0v) is 8.89. The Morgan fingerprint density at radius 1 is 1.39 bits per heavy atom. The minimum Gasteiger partial charge on any atom is -0.483 e. The van der Waals surface area contributed by atoms with E-state index in [0.29, 0.717) is 17.7 Å². The molecule has 0 bridgehead atoms. The van der Waals surface area contributed by atoms with Crippen LogP contribution in [0.5, 0.6) is 5.75 Å². The summed E-state index contributed by atoms with van der Waals surface area (Å²) in [5.74, 6) is -4.22. The molecule has 1 aromatic heterocycles. The van der Waals surface area contributed by atoms with Gasteiger partial charge in [-0.3, -0.25) is 0 Å². The third-order valence-corrected chi connectivity index (χ3v) is 2.11. The van der Waals surface area contributed by atoms with E-state index < -0.39 is 28.9 Å². The highest BCUT2D eigenvalue weighted by atomic mass is 19.1. The Balaban J connectivity index is 2.20. The van der Waals surface area contributed by atoms with Crippen LogP contribution in [0, 0.1) is 11.6 Å². The van der Waals surface area contributed by atoms with Crippen molar-refractivity contribution >= 4 is 5.97 Å². The summed E-state index contributed by atoms with van der Waals surface area (Å²) in [6.45, 7) is -0.135. The van der Waals surface area contributed by atoms with Crippen LogP contribution in [-0.2, 0) is 6.61 Å². The third-order valence-electron chi connectivity index (χ3n) is 2.11. The van der Waals surface area contributed by atoms with E-state index in [1.807, 2.05) is 0 Å². The molecule has 0 amide bonds. The van der Waals surface area contributed by atoms with Crippen molar-refractivity contribution in [2.24, 2.45) is 0 Å². The minimum atomic E-state index is -1.42. The molecule has 0 saturated heterocycles. The number of ether oxygens (including phenoxy) is 1. The molecule has 0 spiro atoms. The number of nitrogens with zero attached hydrogens (tertiary/aromatic N) is 1. The van der Waals surface area contributed by atoms with E-state index >= 15 is 0 Å². The third kappa shape index (κ3) is 2.45. The Labute approximate surface area is 99.6 Å². The number of aromatic nitrogens is 1. The summed E-state index contributed by atoms with van der Waals surface area (Å²) in [4.78, 5) is 10.6. The van der Waals surface area contributed by atoms with Gasteiger partial charge in [0.1, 0.15) is 12.9 Å². The Hall–Kier alpha value is -2.44. The van der Waals surface area contributed by atoms with Crippen molar-refractivity contribution in [1.29, 1.82) is 0 Å². The second-order valence-electron chi connectivity index (χ2n) is 3.40. The summed E-state index contributed by atoms with van der Waals surface area (Å²) >= 11 is 0. The van der Waals surface area contributed by atoms with Crippen LogP contribution in [-0.4, -0.2) is 16.2 Å². The molecule has 0 unspecified atom stereocenters. The van der Waals surface area contributed by atoms with E-state index in [4.69, 9.17) is 9.84 Å². The fourth-order valence-corrected chi connectivity index (χ4v) is 1.27. The van der Waals surface area contributed by atoms with Crippen molar-refractivity contribution in [3.63, 3.8) is 0 Å². The van der Waals surface area contributed by atoms with Gasteiger partial charge in [-0.2, -0.15) is 0 Å². The van der Waals surface area contributed by atoms with Crippen LogP contribution in [0.1, 0.15) is 15.9 Å². The molecule has 0 atom stereocenters. The van der Waals surface area contributed by atoms with Gasteiger partial charge in [-0.05, 0) is 12.1 Å². The molecule has 0 aliphatic rings. The molecule has 1 heterocycles. The lowest BCUT2D eigenvalue weighted by atomic mass is 10.2. The van der Waals surface area contributed by atoms with Gasteiger partial charge in [0.2, 0.25) is 0 Å². The maximum absolute atomic E-state index is 13.4. The van der Waals surface area contributed by atoms with Crippen LogP contribution in [0.4, 0.5) is 8.78 Å². The Bertz CT molecular complexity index is 545. The zero-order valence-electron chi connectivity index (χ0n) is 8.89. The van der Waals surface area contributed by atoms with Gasteiger partial charge >= 0.3 is 5.97 Å². The Kier molecular flexibility index (Phi) is 3.22. The number of carboxylic acids is 1. The average Bonchev–Trinajstić information content (AvgIpc) is 2.80. The largest absolute Gasteiger partial charge is 0.483 e. The smallest absolute Gasteiger partial charge is 0.335 e. The molecule has 1 N–H and O–H groups in total. The number of carboxylic acid groups (broad SMARTS) is 1. The maximum Gasteiger partial charge on any atom is 0.335 e. The molecule has 5 nitrogen and oxygen atoms in total. The molecular weight excluding hydrogens is 248 g/mol. The first-order chi connectivity index (χ1) is 8.58. The lowest BCUT2D eigenvalue weighted by Crippen LogP contribution is -2.03. The summed E-state index contributed by atoms with van der Waals surface area (Å²) in [7, 11) is 0. The number of halogens is 2. The van der Waals surface area contributed by atoms with E-state index in [9.17, 15) is 13.6 Å². The van der Waals surface area contributed by atoms with E-state index in [1.54, 1.807) is 0 Å². The SMILES string of the molecule is O=C(O)c1cc(F)c(OCc2cnoc2)c(F)c1. The van der Waals surface area contributed by atoms with Crippen molar-refractivity contribution in [1.82, 2.24) is 5.16 Å². The molecule has 94 valence electrons. The molecule has 0 fully saturated rings. The predicted molar refractivity (Wildman–Crippen MR) is 54.2 cm³/mol. The van der Waals surface area contributed by atoms with Crippen LogP contribution in [0.25, 0.3) is 0 Å². The van der Waals surface area contributed by atoms with Gasteiger partial charge in [0.15, 0.2) is 17.4 Å². The standard InChI is InChI=1S/C11H7F2NO4/c12-8-1-7(11(15)16)2-9(13)10(8)17-4-6-3-14-18-5-6/h1-3,5H,4H2,(H,15,16). The van der Waals surface area contributed by atoms with E-state index in [0.717, 1.165) is 0 Å². The van der Waals surface area contributed by atoms with E-state index in [-0.39, 0.29) is 6.61 Å². The molecule has 2 aromatic rings. The Morgan fingerprint density at radius 2 is 2.06 bits per heavy atom. The van der Waals surface area contributed by atoms with Crippen LogP contribution in [0.3, 0.4) is 0 Å².